The molecule has 1 aromatic heterocycles. The maximum absolute atomic E-state index is 13.4. The Bertz CT molecular complexity index is 1090. The second kappa shape index (κ2) is 10.5. The summed E-state index contributed by atoms with van der Waals surface area (Å²) in [4.78, 5) is 28.5. The smallest absolute Gasteiger partial charge is 0.262 e. The van der Waals surface area contributed by atoms with Crippen LogP contribution < -0.4 is 20.3 Å². The number of carbonyl (C=O) groups is 2. The normalized spacial score (nSPS) is 15.8. The van der Waals surface area contributed by atoms with E-state index in [0.717, 1.165) is 22.5 Å². The van der Waals surface area contributed by atoms with Crippen molar-refractivity contribution in [3.8, 4) is 5.75 Å². The summed E-state index contributed by atoms with van der Waals surface area (Å²) < 4.78 is 19.4. The molecule has 2 aromatic carbocycles. The molecule has 172 valence electrons. The van der Waals surface area contributed by atoms with Crippen LogP contribution in [0.1, 0.15) is 29.8 Å². The molecule has 0 spiro atoms. The number of amides is 2. The van der Waals surface area contributed by atoms with Crippen molar-refractivity contribution in [2.75, 3.05) is 24.5 Å². The number of thiophene rings is 1. The van der Waals surface area contributed by atoms with Crippen LogP contribution in [0.4, 0.5) is 10.1 Å². The maximum Gasteiger partial charge on any atom is 0.262 e. The third kappa shape index (κ3) is 5.51. The molecule has 0 fully saturated rings. The second-order valence-corrected chi connectivity index (χ2v) is 8.79. The van der Waals surface area contributed by atoms with Crippen molar-refractivity contribution in [2.45, 2.75) is 25.5 Å². The molecule has 3 aromatic rings. The highest BCUT2D eigenvalue weighted by Gasteiger charge is 2.32. The van der Waals surface area contributed by atoms with Crippen molar-refractivity contribution in [1.29, 1.82) is 0 Å². The number of benzene rings is 2. The molecule has 2 heterocycles. The van der Waals surface area contributed by atoms with Gasteiger partial charge in [-0.25, -0.2) is 4.39 Å². The van der Waals surface area contributed by atoms with E-state index in [0.29, 0.717) is 12.3 Å². The number of para-hydroxylation sites is 2. The summed E-state index contributed by atoms with van der Waals surface area (Å²) in [5, 5.41) is 7.88. The Morgan fingerprint density at radius 1 is 1.15 bits per heavy atom. The molecule has 0 saturated heterocycles. The first-order valence-electron chi connectivity index (χ1n) is 10.9. The van der Waals surface area contributed by atoms with Crippen molar-refractivity contribution in [3.05, 3.63) is 82.3 Å². The van der Waals surface area contributed by atoms with E-state index < -0.39 is 12.1 Å². The highest BCUT2D eigenvalue weighted by Crippen LogP contribution is 2.33. The van der Waals surface area contributed by atoms with Gasteiger partial charge in [-0.15, -0.1) is 11.3 Å². The van der Waals surface area contributed by atoms with Gasteiger partial charge in [0.15, 0.2) is 6.10 Å². The summed E-state index contributed by atoms with van der Waals surface area (Å²) in [7, 11) is 0. The molecule has 0 unspecified atom stereocenters. The van der Waals surface area contributed by atoms with Gasteiger partial charge in [0.05, 0.1) is 24.8 Å². The molecule has 2 N–H and O–H groups in total. The number of hydrogen-bond donors (Lipinski definition) is 2. The van der Waals surface area contributed by atoms with Crippen LogP contribution in [0.2, 0.25) is 0 Å². The Morgan fingerprint density at radius 3 is 2.67 bits per heavy atom. The van der Waals surface area contributed by atoms with Gasteiger partial charge in [-0.05, 0) is 47.7 Å². The van der Waals surface area contributed by atoms with Crippen molar-refractivity contribution >= 4 is 28.8 Å². The van der Waals surface area contributed by atoms with E-state index in [9.17, 15) is 14.0 Å². The fraction of sp³-hybridized carbons (Fsp3) is 0.280. The first kappa shape index (κ1) is 22.8. The number of rotatable bonds is 8. The molecule has 0 bridgehead atoms. The van der Waals surface area contributed by atoms with Crippen LogP contribution in [0, 0.1) is 5.82 Å². The Balaban J connectivity index is 1.52. The third-order valence-corrected chi connectivity index (χ3v) is 6.31. The van der Waals surface area contributed by atoms with E-state index in [1.54, 1.807) is 18.2 Å². The minimum absolute atomic E-state index is 0.0565. The highest BCUT2D eigenvalue weighted by atomic mass is 32.1. The van der Waals surface area contributed by atoms with Gasteiger partial charge in [0.2, 0.25) is 5.91 Å². The summed E-state index contributed by atoms with van der Waals surface area (Å²) >= 11 is 1.52. The summed E-state index contributed by atoms with van der Waals surface area (Å²) in [5.74, 6) is -0.157. The van der Waals surface area contributed by atoms with Crippen molar-refractivity contribution in [1.82, 2.24) is 10.6 Å². The topological polar surface area (TPSA) is 70.7 Å². The number of anilines is 1. The number of fused-ring (bicyclic) bond motifs is 1. The Kier molecular flexibility index (Phi) is 7.24. The largest absolute Gasteiger partial charge is 0.477 e. The Hall–Kier alpha value is -3.39. The Morgan fingerprint density at radius 2 is 1.94 bits per heavy atom. The van der Waals surface area contributed by atoms with Gasteiger partial charge in [-0.1, -0.05) is 37.3 Å². The van der Waals surface area contributed by atoms with E-state index in [2.05, 4.69) is 10.6 Å². The lowest BCUT2D eigenvalue weighted by Crippen LogP contribution is -2.51. The zero-order valence-corrected chi connectivity index (χ0v) is 19.1. The van der Waals surface area contributed by atoms with Crippen LogP contribution in [0.5, 0.6) is 5.75 Å². The summed E-state index contributed by atoms with van der Waals surface area (Å²) in [6.07, 6.45) is 0.124. The molecule has 0 aliphatic carbocycles. The van der Waals surface area contributed by atoms with Crippen LogP contribution in [-0.2, 0) is 9.59 Å². The van der Waals surface area contributed by atoms with Gasteiger partial charge >= 0.3 is 0 Å². The van der Waals surface area contributed by atoms with Gasteiger partial charge in [0, 0.05) is 11.4 Å². The van der Waals surface area contributed by atoms with Crippen LogP contribution >= 0.6 is 11.3 Å². The van der Waals surface area contributed by atoms with Crippen molar-refractivity contribution in [2.24, 2.45) is 0 Å². The molecule has 0 saturated carbocycles. The molecule has 8 heteroatoms. The van der Waals surface area contributed by atoms with Crippen LogP contribution in [0.3, 0.4) is 0 Å². The summed E-state index contributed by atoms with van der Waals surface area (Å²) in [6, 6.07) is 17.0. The first-order chi connectivity index (χ1) is 16.0. The molecule has 33 heavy (non-hydrogen) atoms. The SMILES string of the molecule is CCCNC(=O)[C@@H]1CN(CC(=O)N[C@@H](c2ccc(F)cc2)c2cccs2)c2ccccc2O1. The predicted octanol–water partition coefficient (Wildman–Crippen LogP) is 3.89. The molecule has 1 aliphatic heterocycles. The summed E-state index contributed by atoms with van der Waals surface area (Å²) in [5.41, 5.74) is 1.56. The highest BCUT2D eigenvalue weighted by molar-refractivity contribution is 7.10. The van der Waals surface area contributed by atoms with Gasteiger partial charge < -0.3 is 20.3 Å². The average Bonchev–Trinajstić information content (AvgIpc) is 3.36. The van der Waals surface area contributed by atoms with Crippen LogP contribution in [-0.4, -0.2) is 37.6 Å². The molecule has 2 amide bonds. The van der Waals surface area contributed by atoms with E-state index in [1.807, 2.05) is 47.5 Å². The lowest BCUT2D eigenvalue weighted by molar-refractivity contribution is -0.128. The van der Waals surface area contributed by atoms with Crippen LogP contribution in [0.25, 0.3) is 0 Å². The molecular weight excluding hydrogens is 441 g/mol. The second-order valence-electron chi connectivity index (χ2n) is 7.81. The van der Waals surface area contributed by atoms with E-state index in [-0.39, 0.29) is 30.7 Å². The maximum atomic E-state index is 13.4. The van der Waals surface area contributed by atoms with Crippen molar-refractivity contribution in [3.63, 3.8) is 0 Å². The van der Waals surface area contributed by atoms with E-state index >= 15 is 0 Å². The molecule has 2 atom stereocenters. The number of ether oxygens (including phenoxy) is 1. The molecule has 6 nitrogen and oxygen atoms in total. The standard InChI is InChI=1S/C25H26FN3O3S/c1-2-13-27-25(31)21-15-29(19-6-3-4-7-20(19)32-21)16-23(30)28-24(22-8-5-14-33-22)17-9-11-18(26)12-10-17/h3-12,14,21,24H,2,13,15-16H2,1H3,(H,27,31)(H,28,30)/t21-,24-/m0/s1. The zero-order chi connectivity index (χ0) is 23.2. The fourth-order valence-electron chi connectivity index (χ4n) is 3.76. The predicted molar refractivity (Wildman–Crippen MR) is 127 cm³/mol. The Labute approximate surface area is 196 Å². The van der Waals surface area contributed by atoms with Gasteiger partial charge in [0.1, 0.15) is 11.6 Å². The quantitative estimate of drug-likeness (QED) is 0.527. The number of carbonyl (C=O) groups excluding carboxylic acids is 2. The van der Waals surface area contributed by atoms with E-state index in [1.165, 1.54) is 23.5 Å². The average molecular weight is 468 g/mol. The zero-order valence-electron chi connectivity index (χ0n) is 18.3. The van der Waals surface area contributed by atoms with Crippen molar-refractivity contribution < 1.29 is 18.7 Å². The summed E-state index contributed by atoms with van der Waals surface area (Å²) in [6.45, 7) is 2.88. The number of nitrogens with zero attached hydrogens (tertiary/aromatic N) is 1. The minimum Gasteiger partial charge on any atom is -0.477 e. The molecule has 1 aliphatic rings. The minimum atomic E-state index is -0.704. The molecule has 0 radical (unpaired) electrons. The monoisotopic (exact) mass is 467 g/mol. The van der Waals surface area contributed by atoms with Crippen LogP contribution in [0.15, 0.2) is 66.0 Å². The lowest BCUT2D eigenvalue weighted by atomic mass is 10.1. The van der Waals surface area contributed by atoms with Gasteiger partial charge in [-0.3, -0.25) is 9.59 Å². The van der Waals surface area contributed by atoms with E-state index in [4.69, 9.17) is 4.74 Å². The molecular formula is C25H26FN3O3S. The molecule has 4 rings (SSSR count). The number of nitrogens with one attached hydrogen (secondary N) is 2. The fourth-order valence-corrected chi connectivity index (χ4v) is 4.57. The number of hydrogen-bond acceptors (Lipinski definition) is 5. The van der Waals surface area contributed by atoms with Gasteiger partial charge in [0.25, 0.3) is 5.91 Å². The van der Waals surface area contributed by atoms with Gasteiger partial charge in [-0.2, -0.15) is 0 Å². The number of halogens is 1. The first-order valence-corrected chi connectivity index (χ1v) is 11.8. The lowest BCUT2D eigenvalue weighted by Gasteiger charge is -2.35. The third-order valence-electron chi connectivity index (χ3n) is 5.37.